The van der Waals surface area contributed by atoms with Gasteiger partial charge in [0.05, 0.1) is 22.5 Å². The Morgan fingerprint density at radius 3 is 2.68 bits per heavy atom. The number of aromatic amines is 1. The second kappa shape index (κ2) is 7.23. The topological polar surface area (TPSA) is 95.5 Å². The van der Waals surface area contributed by atoms with Crippen LogP contribution >= 0.6 is 11.3 Å². The van der Waals surface area contributed by atoms with E-state index in [0.29, 0.717) is 17.9 Å². The van der Waals surface area contributed by atoms with E-state index < -0.39 is 23.5 Å². The number of H-pyrrole nitrogens is 1. The Morgan fingerprint density at radius 1 is 1.32 bits per heavy atom. The summed E-state index contributed by atoms with van der Waals surface area (Å²) in [6.45, 7) is 5.77. The maximum Gasteiger partial charge on any atom is 0.410 e. The van der Waals surface area contributed by atoms with Crippen LogP contribution in [-0.2, 0) is 11.3 Å². The zero-order valence-electron chi connectivity index (χ0n) is 15.9. The van der Waals surface area contributed by atoms with Crippen LogP contribution in [0.3, 0.4) is 0 Å². The molecule has 3 rings (SSSR count). The van der Waals surface area contributed by atoms with Crippen molar-refractivity contribution in [1.82, 2.24) is 14.9 Å². The number of hydrogen-bond acceptors (Lipinski definition) is 5. The number of ether oxygens (including phenoxy) is 1. The second-order valence-corrected chi connectivity index (χ2v) is 8.51. The van der Waals surface area contributed by atoms with Crippen molar-refractivity contribution >= 4 is 34.4 Å². The van der Waals surface area contributed by atoms with Gasteiger partial charge in [-0.1, -0.05) is 0 Å². The number of carboxylic acids is 1. The Balaban J connectivity index is 1.83. The molecule has 0 aliphatic heterocycles. The number of imidazole rings is 1. The maximum atomic E-state index is 13.7. The normalized spacial score (nSPS) is 11.6. The van der Waals surface area contributed by atoms with E-state index in [1.807, 2.05) is 12.1 Å². The van der Waals surface area contributed by atoms with E-state index in [4.69, 9.17) is 4.74 Å². The van der Waals surface area contributed by atoms with Gasteiger partial charge in [-0.3, -0.25) is 0 Å². The minimum atomic E-state index is -1.24. The lowest BCUT2D eigenvalue weighted by Gasteiger charge is -2.24. The summed E-state index contributed by atoms with van der Waals surface area (Å²) < 4.78 is 19.0. The lowest BCUT2D eigenvalue weighted by molar-refractivity contribution is 0.0286. The highest BCUT2D eigenvalue weighted by atomic mass is 32.1. The zero-order chi connectivity index (χ0) is 20.6. The van der Waals surface area contributed by atoms with Crippen molar-refractivity contribution in [2.75, 3.05) is 7.05 Å². The molecule has 0 bridgehead atoms. The van der Waals surface area contributed by atoms with Gasteiger partial charge in [0.15, 0.2) is 0 Å². The molecule has 0 aliphatic carbocycles. The number of carbonyl (C=O) groups excluding carboxylic acids is 1. The minimum Gasteiger partial charge on any atom is -0.478 e. The SMILES string of the molecule is CN(Cc1ccc(-c2nc3c(C(=O)O)cc(F)cc3[nH]2)s1)C(=O)OC(C)(C)C. The second-order valence-electron chi connectivity index (χ2n) is 7.34. The van der Waals surface area contributed by atoms with E-state index in [1.54, 1.807) is 27.8 Å². The summed E-state index contributed by atoms with van der Waals surface area (Å²) in [7, 11) is 1.65. The van der Waals surface area contributed by atoms with E-state index in [2.05, 4.69) is 9.97 Å². The van der Waals surface area contributed by atoms with Crippen molar-refractivity contribution in [2.24, 2.45) is 0 Å². The molecule has 28 heavy (non-hydrogen) atoms. The zero-order valence-corrected chi connectivity index (χ0v) is 16.7. The van der Waals surface area contributed by atoms with Crippen LogP contribution in [0, 0.1) is 5.82 Å². The molecule has 1 aromatic carbocycles. The van der Waals surface area contributed by atoms with Crippen LogP contribution in [-0.4, -0.2) is 44.7 Å². The molecule has 0 unspecified atom stereocenters. The number of carboxylic acid groups (broad SMARTS) is 1. The van der Waals surface area contributed by atoms with Crippen LogP contribution in [0.1, 0.15) is 36.0 Å². The lowest BCUT2D eigenvalue weighted by Crippen LogP contribution is -2.33. The Morgan fingerprint density at radius 2 is 2.04 bits per heavy atom. The number of thiophene rings is 1. The molecule has 3 aromatic rings. The van der Waals surface area contributed by atoms with Gasteiger partial charge in [0.25, 0.3) is 0 Å². The van der Waals surface area contributed by atoms with Crippen LogP contribution in [0.4, 0.5) is 9.18 Å². The van der Waals surface area contributed by atoms with Crippen molar-refractivity contribution in [3.63, 3.8) is 0 Å². The molecule has 1 amide bonds. The molecular formula is C19H20FN3O4S. The third kappa shape index (κ3) is 4.30. The third-order valence-corrected chi connectivity index (χ3v) is 4.85. The quantitative estimate of drug-likeness (QED) is 0.666. The number of aromatic carboxylic acids is 1. The molecule has 0 saturated heterocycles. The smallest absolute Gasteiger partial charge is 0.410 e. The van der Waals surface area contributed by atoms with Gasteiger partial charge in [0.1, 0.15) is 22.8 Å². The summed E-state index contributed by atoms with van der Waals surface area (Å²) in [5, 5.41) is 9.26. The number of carbonyl (C=O) groups is 2. The number of nitrogens with one attached hydrogen (secondary N) is 1. The number of fused-ring (bicyclic) bond motifs is 1. The molecule has 0 radical (unpaired) electrons. The van der Waals surface area contributed by atoms with Gasteiger partial charge in [-0.05, 0) is 45.0 Å². The van der Waals surface area contributed by atoms with Gasteiger partial charge in [-0.15, -0.1) is 11.3 Å². The van der Waals surface area contributed by atoms with Crippen LogP contribution in [0.15, 0.2) is 24.3 Å². The number of hydrogen-bond donors (Lipinski definition) is 2. The highest BCUT2D eigenvalue weighted by molar-refractivity contribution is 7.15. The average molecular weight is 405 g/mol. The van der Waals surface area contributed by atoms with Crippen LogP contribution in [0.25, 0.3) is 21.7 Å². The van der Waals surface area contributed by atoms with Crippen LogP contribution < -0.4 is 0 Å². The molecule has 0 fully saturated rings. The van der Waals surface area contributed by atoms with Crippen LogP contribution in [0.2, 0.25) is 0 Å². The van der Waals surface area contributed by atoms with Gasteiger partial charge in [0, 0.05) is 11.9 Å². The van der Waals surface area contributed by atoms with Crippen molar-refractivity contribution in [3.05, 3.63) is 40.5 Å². The first-order valence-corrected chi connectivity index (χ1v) is 9.31. The number of rotatable bonds is 4. The van der Waals surface area contributed by atoms with Gasteiger partial charge in [-0.2, -0.15) is 0 Å². The summed E-state index contributed by atoms with van der Waals surface area (Å²) >= 11 is 1.40. The van der Waals surface area contributed by atoms with Crippen LogP contribution in [0.5, 0.6) is 0 Å². The molecular weight excluding hydrogens is 385 g/mol. The fourth-order valence-corrected chi connectivity index (χ4v) is 3.60. The Bertz CT molecular complexity index is 1050. The third-order valence-electron chi connectivity index (χ3n) is 3.77. The molecule has 9 heteroatoms. The first-order chi connectivity index (χ1) is 13.0. The summed E-state index contributed by atoms with van der Waals surface area (Å²) in [5.41, 5.74) is -0.256. The standard InChI is InChI=1S/C19H20FN3O4S/c1-19(2,3)27-18(26)23(4)9-11-5-6-14(28-11)16-21-13-8-10(20)7-12(17(24)25)15(13)22-16/h5-8H,9H2,1-4H3,(H,21,22)(H,24,25). The highest BCUT2D eigenvalue weighted by Crippen LogP contribution is 2.30. The monoisotopic (exact) mass is 405 g/mol. The molecule has 2 heterocycles. The molecule has 0 atom stereocenters. The fourth-order valence-electron chi connectivity index (χ4n) is 2.59. The molecule has 0 aliphatic rings. The Kier molecular flexibility index (Phi) is 5.12. The molecule has 2 N–H and O–H groups in total. The molecule has 148 valence electrons. The fraction of sp³-hybridized carbons (Fsp3) is 0.316. The van der Waals surface area contributed by atoms with Crippen molar-refractivity contribution in [1.29, 1.82) is 0 Å². The predicted molar refractivity (Wildman–Crippen MR) is 104 cm³/mol. The average Bonchev–Trinajstić information content (AvgIpc) is 3.18. The predicted octanol–water partition coefficient (Wildman–Crippen LogP) is 4.50. The van der Waals surface area contributed by atoms with Gasteiger partial charge >= 0.3 is 12.1 Å². The van der Waals surface area contributed by atoms with E-state index in [0.717, 1.165) is 15.8 Å². The minimum absolute atomic E-state index is 0.195. The van der Waals surface area contributed by atoms with E-state index in [9.17, 15) is 19.1 Å². The highest BCUT2D eigenvalue weighted by Gasteiger charge is 2.21. The van der Waals surface area contributed by atoms with E-state index in [-0.39, 0.29) is 11.1 Å². The van der Waals surface area contributed by atoms with Crippen molar-refractivity contribution < 1.29 is 23.8 Å². The van der Waals surface area contributed by atoms with Crippen molar-refractivity contribution in [2.45, 2.75) is 32.9 Å². The summed E-state index contributed by atoms with van der Waals surface area (Å²) in [5.74, 6) is -1.45. The Hall–Kier alpha value is -2.94. The maximum absolute atomic E-state index is 13.7. The molecule has 0 spiro atoms. The number of benzene rings is 1. The first-order valence-electron chi connectivity index (χ1n) is 8.49. The van der Waals surface area contributed by atoms with Gasteiger partial charge in [0.2, 0.25) is 0 Å². The van der Waals surface area contributed by atoms with Gasteiger partial charge in [-0.25, -0.2) is 19.0 Å². The number of nitrogens with zero attached hydrogens (tertiary/aromatic N) is 2. The van der Waals surface area contributed by atoms with E-state index >= 15 is 0 Å². The first kappa shape index (κ1) is 19.8. The summed E-state index contributed by atoms with van der Waals surface area (Å²) in [6, 6.07) is 5.83. The largest absolute Gasteiger partial charge is 0.478 e. The number of aromatic nitrogens is 2. The molecule has 0 saturated carbocycles. The number of halogens is 1. The number of amides is 1. The molecule has 7 nitrogen and oxygen atoms in total. The summed E-state index contributed by atoms with van der Waals surface area (Å²) in [4.78, 5) is 33.8. The van der Waals surface area contributed by atoms with Gasteiger partial charge < -0.3 is 19.7 Å². The van der Waals surface area contributed by atoms with E-state index in [1.165, 1.54) is 22.3 Å². The van der Waals surface area contributed by atoms with Crippen molar-refractivity contribution in [3.8, 4) is 10.7 Å². The lowest BCUT2D eigenvalue weighted by atomic mass is 10.2. The Labute approximate surface area is 164 Å². The summed E-state index contributed by atoms with van der Waals surface area (Å²) in [6.07, 6.45) is -0.423. The molecule has 2 aromatic heterocycles.